The van der Waals surface area contributed by atoms with Gasteiger partial charge in [-0.15, -0.1) is 10.2 Å². The van der Waals surface area contributed by atoms with E-state index in [9.17, 15) is 5.11 Å². The molecule has 2 fully saturated rings. The Morgan fingerprint density at radius 3 is 2.45 bits per heavy atom. The molecule has 1 aromatic carbocycles. The Kier molecular flexibility index (Phi) is 8.33. The average molecular weight is 471 g/mol. The van der Waals surface area contributed by atoms with Crippen LogP contribution in [0.2, 0.25) is 0 Å². The van der Waals surface area contributed by atoms with Gasteiger partial charge in [-0.3, -0.25) is 4.90 Å². The van der Waals surface area contributed by atoms with Crippen molar-refractivity contribution in [2.45, 2.75) is 57.5 Å². The number of benzene rings is 1. The van der Waals surface area contributed by atoms with Crippen LogP contribution < -0.4 is 0 Å². The van der Waals surface area contributed by atoms with Crippen LogP contribution in [0, 0.1) is 0 Å². The molecule has 8 heteroatoms. The summed E-state index contributed by atoms with van der Waals surface area (Å²) in [6.45, 7) is 6.70. The monoisotopic (exact) mass is 470 g/mol. The van der Waals surface area contributed by atoms with Crippen molar-refractivity contribution in [2.24, 2.45) is 10.2 Å². The molecule has 0 atom stereocenters. The van der Waals surface area contributed by atoms with E-state index in [1.165, 1.54) is 58.3 Å². The molecule has 0 amide bonds. The maximum atomic E-state index is 10.9. The third-order valence-electron chi connectivity index (χ3n) is 7.14. The Bertz CT molecular complexity index is 957. The van der Waals surface area contributed by atoms with Gasteiger partial charge in [0.1, 0.15) is 0 Å². The van der Waals surface area contributed by atoms with Crippen molar-refractivity contribution in [3.63, 3.8) is 0 Å². The first-order valence-corrected chi connectivity index (χ1v) is 12.8. The molecule has 0 bridgehead atoms. The zero-order chi connectivity index (χ0) is 23.2. The molecule has 1 aliphatic heterocycles. The van der Waals surface area contributed by atoms with E-state index in [0.29, 0.717) is 10.8 Å². The molecule has 1 aliphatic carbocycles. The highest BCUT2D eigenvalue weighted by Crippen LogP contribution is 2.39. The van der Waals surface area contributed by atoms with Crippen molar-refractivity contribution in [2.75, 3.05) is 46.8 Å². The molecule has 2 aromatic rings. The number of thiocarbonyl (C=S) groups is 1. The van der Waals surface area contributed by atoms with E-state index in [-0.39, 0.29) is 5.88 Å². The summed E-state index contributed by atoms with van der Waals surface area (Å²) in [5, 5.41) is 20.6. The van der Waals surface area contributed by atoms with Crippen LogP contribution in [-0.2, 0) is 6.54 Å². The summed E-state index contributed by atoms with van der Waals surface area (Å²) in [6, 6.07) is 8.80. The fraction of sp³-hybridized carbons (Fsp3) is 0.640. The van der Waals surface area contributed by atoms with Crippen LogP contribution in [0.4, 0.5) is 5.69 Å². The number of hydrogen-bond acceptors (Lipinski definition) is 5. The fourth-order valence-corrected chi connectivity index (χ4v) is 5.22. The smallest absolute Gasteiger partial charge is 0.220 e. The Labute approximate surface area is 203 Å². The Morgan fingerprint density at radius 2 is 1.73 bits per heavy atom. The Balaban J connectivity index is 1.30. The lowest BCUT2D eigenvalue weighted by Crippen LogP contribution is -2.50. The van der Waals surface area contributed by atoms with Crippen LogP contribution in [0.15, 0.2) is 34.5 Å². The zero-order valence-corrected chi connectivity index (χ0v) is 20.9. The molecule has 33 heavy (non-hydrogen) atoms. The van der Waals surface area contributed by atoms with Crippen molar-refractivity contribution in [1.82, 2.24) is 19.3 Å². The molecule has 1 saturated carbocycles. The summed E-state index contributed by atoms with van der Waals surface area (Å²) in [5.74, 6) is 0.169. The lowest BCUT2D eigenvalue weighted by molar-refractivity contribution is 0.0780. The van der Waals surface area contributed by atoms with Gasteiger partial charge in [-0.25, -0.2) is 0 Å². The van der Waals surface area contributed by atoms with Crippen molar-refractivity contribution >= 4 is 33.9 Å². The Morgan fingerprint density at radius 1 is 1.03 bits per heavy atom. The van der Waals surface area contributed by atoms with Gasteiger partial charge in [0.15, 0.2) is 5.69 Å². The van der Waals surface area contributed by atoms with E-state index >= 15 is 0 Å². The number of unbranched alkanes of at least 4 members (excludes halogenated alkanes) is 1. The number of aromatic nitrogens is 1. The molecule has 0 radical (unpaired) electrons. The van der Waals surface area contributed by atoms with Gasteiger partial charge < -0.3 is 19.5 Å². The lowest BCUT2D eigenvalue weighted by Gasteiger charge is -2.40. The van der Waals surface area contributed by atoms with Gasteiger partial charge in [0, 0.05) is 58.2 Å². The molecule has 0 unspecified atom stereocenters. The molecule has 2 aliphatic rings. The number of piperazine rings is 1. The predicted molar refractivity (Wildman–Crippen MR) is 139 cm³/mol. The van der Waals surface area contributed by atoms with E-state index in [1.54, 1.807) is 4.90 Å². The van der Waals surface area contributed by atoms with Crippen LogP contribution >= 0.6 is 12.2 Å². The molecule has 1 aromatic heterocycles. The second kappa shape index (κ2) is 11.4. The third-order valence-corrected chi connectivity index (χ3v) is 7.59. The number of nitrogens with zero attached hydrogens (tertiary/aromatic N) is 6. The van der Waals surface area contributed by atoms with E-state index < -0.39 is 0 Å². The predicted octanol–water partition coefficient (Wildman–Crippen LogP) is 5.01. The van der Waals surface area contributed by atoms with E-state index in [1.807, 2.05) is 42.9 Å². The van der Waals surface area contributed by atoms with Gasteiger partial charge in [0.25, 0.3) is 0 Å². The largest absolute Gasteiger partial charge is 0.493 e. The molecular weight excluding hydrogens is 432 g/mol. The minimum absolute atomic E-state index is 0.169. The summed E-state index contributed by atoms with van der Waals surface area (Å²) in [4.78, 5) is 7.07. The fourth-order valence-electron chi connectivity index (χ4n) is 5.18. The second-order valence-electron chi connectivity index (χ2n) is 9.59. The first kappa shape index (κ1) is 24.1. The molecule has 0 spiro atoms. The average Bonchev–Trinajstić information content (AvgIpc) is 3.11. The topological polar surface area (TPSA) is 59.6 Å². The number of aryl methyl sites for hydroxylation is 1. The standard InChI is InChI=1S/C25H38N6OS/c1-28(2)25(33)27-26-23-21-12-6-7-13-22(21)31(24(23)32)15-9-8-14-29-16-18-30(19-17-29)20-10-4-3-5-11-20/h6-7,12-13,20,32H,3-5,8-11,14-19H2,1-2H3. The van der Waals surface area contributed by atoms with E-state index in [4.69, 9.17) is 12.2 Å². The number of para-hydroxylation sites is 1. The highest BCUT2D eigenvalue weighted by Gasteiger charge is 2.25. The molecule has 2 heterocycles. The van der Waals surface area contributed by atoms with Crippen LogP contribution in [0.25, 0.3) is 10.9 Å². The Hall–Kier alpha value is -2.03. The highest BCUT2D eigenvalue weighted by molar-refractivity contribution is 7.80. The normalized spacial score (nSPS) is 19.0. The SMILES string of the molecule is CN(C)C(=S)N=Nc1c(O)n(CCCCN2CCN(C3CCCCC3)CC2)c2ccccc12. The van der Waals surface area contributed by atoms with Gasteiger partial charge >= 0.3 is 0 Å². The van der Waals surface area contributed by atoms with Crippen molar-refractivity contribution in [1.29, 1.82) is 0 Å². The van der Waals surface area contributed by atoms with E-state index in [0.717, 1.165) is 42.9 Å². The van der Waals surface area contributed by atoms with Crippen molar-refractivity contribution in [3.05, 3.63) is 24.3 Å². The number of hydrogen-bond donors (Lipinski definition) is 1. The number of fused-ring (bicyclic) bond motifs is 1. The first-order chi connectivity index (χ1) is 16.0. The maximum Gasteiger partial charge on any atom is 0.220 e. The summed E-state index contributed by atoms with van der Waals surface area (Å²) >= 11 is 5.21. The minimum atomic E-state index is 0.169. The number of azo groups is 1. The van der Waals surface area contributed by atoms with Gasteiger partial charge in [0.2, 0.25) is 11.0 Å². The van der Waals surface area contributed by atoms with Crippen LogP contribution in [0.1, 0.15) is 44.9 Å². The summed E-state index contributed by atoms with van der Waals surface area (Å²) < 4.78 is 1.96. The lowest BCUT2D eigenvalue weighted by atomic mass is 9.94. The van der Waals surface area contributed by atoms with Gasteiger partial charge in [0.05, 0.1) is 5.52 Å². The number of aromatic hydroxyl groups is 1. The van der Waals surface area contributed by atoms with Crippen LogP contribution in [-0.4, -0.2) is 82.3 Å². The zero-order valence-electron chi connectivity index (χ0n) is 20.1. The molecule has 1 N–H and O–H groups in total. The molecule has 4 rings (SSSR count). The van der Waals surface area contributed by atoms with Gasteiger partial charge in [-0.05, 0) is 50.5 Å². The highest BCUT2D eigenvalue weighted by atomic mass is 32.1. The summed E-state index contributed by atoms with van der Waals surface area (Å²) in [6.07, 6.45) is 9.19. The van der Waals surface area contributed by atoms with Crippen LogP contribution in [0.3, 0.4) is 0 Å². The number of rotatable bonds is 7. The van der Waals surface area contributed by atoms with Gasteiger partial charge in [-0.2, -0.15) is 0 Å². The minimum Gasteiger partial charge on any atom is -0.493 e. The second-order valence-corrected chi connectivity index (χ2v) is 9.96. The van der Waals surface area contributed by atoms with Gasteiger partial charge in [-0.1, -0.05) is 37.5 Å². The summed E-state index contributed by atoms with van der Waals surface area (Å²) in [7, 11) is 3.67. The van der Waals surface area contributed by atoms with Crippen molar-refractivity contribution in [3.8, 4) is 5.88 Å². The van der Waals surface area contributed by atoms with Crippen molar-refractivity contribution < 1.29 is 5.11 Å². The molecule has 1 saturated heterocycles. The first-order valence-electron chi connectivity index (χ1n) is 12.4. The summed E-state index contributed by atoms with van der Waals surface area (Å²) in [5.41, 5.74) is 1.48. The molecular formula is C25H38N6OS. The maximum absolute atomic E-state index is 10.9. The van der Waals surface area contributed by atoms with Crippen LogP contribution in [0.5, 0.6) is 5.88 Å². The molecule has 180 valence electrons. The quantitative estimate of drug-likeness (QED) is 0.350. The third kappa shape index (κ3) is 5.91. The molecule has 7 nitrogen and oxygen atoms in total. The van der Waals surface area contributed by atoms with E-state index in [2.05, 4.69) is 20.0 Å².